The van der Waals surface area contributed by atoms with Gasteiger partial charge in [0.05, 0.1) is 9.77 Å². The Bertz CT molecular complexity index is 1340. The van der Waals surface area contributed by atoms with Gasteiger partial charge >= 0.3 is 0 Å². The van der Waals surface area contributed by atoms with Gasteiger partial charge in [-0.15, -0.1) is 11.3 Å². The van der Waals surface area contributed by atoms with E-state index in [1.54, 1.807) is 18.3 Å². The lowest BCUT2D eigenvalue weighted by atomic mass is 10.0. The van der Waals surface area contributed by atoms with E-state index in [9.17, 15) is 9.00 Å². The summed E-state index contributed by atoms with van der Waals surface area (Å²) in [5, 5.41) is 8.83. The topological polar surface area (TPSA) is 73.2 Å². The minimum absolute atomic E-state index is 0.00866. The smallest absolute Gasteiger partial charge is 0.264 e. The van der Waals surface area contributed by atoms with E-state index < -0.39 is 11.0 Å². The van der Waals surface area contributed by atoms with Crippen molar-refractivity contribution in [3.63, 3.8) is 0 Å². The zero-order valence-corrected chi connectivity index (χ0v) is 20.2. The molecule has 0 fully saturated rings. The van der Waals surface area contributed by atoms with Gasteiger partial charge in [-0.3, -0.25) is 4.79 Å². The maximum absolute atomic E-state index is 13.3. The van der Waals surface area contributed by atoms with Gasteiger partial charge in [0, 0.05) is 18.0 Å². The molecule has 4 aromatic rings. The highest BCUT2D eigenvalue weighted by Crippen LogP contribution is 2.27. The van der Waals surface area contributed by atoms with Crippen molar-refractivity contribution in [2.24, 2.45) is 0 Å². The Balaban J connectivity index is 1.59. The standard InChI is InChI=1S/C27H23N3O2S2/c1-20-11-16-25(33-20)27(31)30(17-21-7-3-2-4-8-21)18-22-12-14-23(15-13-22)24-9-5-6-10-26(24)34(32)29-19-28/h2-16,29H,17-18H2,1H3. The Hall–Kier alpha value is -3.73. The summed E-state index contributed by atoms with van der Waals surface area (Å²) in [4.78, 5) is 17.5. The van der Waals surface area contributed by atoms with Crippen LogP contribution in [0, 0.1) is 18.4 Å². The molecule has 1 unspecified atom stereocenters. The molecule has 0 saturated heterocycles. The van der Waals surface area contributed by atoms with Crippen LogP contribution < -0.4 is 4.72 Å². The van der Waals surface area contributed by atoms with Crippen LogP contribution >= 0.6 is 11.3 Å². The van der Waals surface area contributed by atoms with Crippen LogP contribution in [0.25, 0.3) is 11.1 Å². The van der Waals surface area contributed by atoms with Crippen molar-refractivity contribution in [3.05, 3.63) is 112 Å². The molecule has 170 valence electrons. The third-order valence-electron chi connectivity index (χ3n) is 5.32. The average molecular weight is 486 g/mol. The Morgan fingerprint density at radius 1 is 0.912 bits per heavy atom. The molecule has 0 aliphatic rings. The van der Waals surface area contributed by atoms with Gasteiger partial charge in [0.25, 0.3) is 5.91 Å². The van der Waals surface area contributed by atoms with Crippen LogP contribution in [0.15, 0.2) is 95.9 Å². The second-order valence-electron chi connectivity index (χ2n) is 7.73. The molecule has 0 radical (unpaired) electrons. The van der Waals surface area contributed by atoms with E-state index in [0.29, 0.717) is 18.0 Å². The number of nitrogens with one attached hydrogen (secondary N) is 1. The van der Waals surface area contributed by atoms with Crippen LogP contribution in [-0.2, 0) is 24.1 Å². The molecule has 0 bridgehead atoms. The van der Waals surface area contributed by atoms with Gasteiger partial charge < -0.3 is 4.90 Å². The number of amides is 1. The van der Waals surface area contributed by atoms with Crippen molar-refractivity contribution in [2.75, 3.05) is 0 Å². The zero-order valence-electron chi connectivity index (χ0n) is 18.6. The van der Waals surface area contributed by atoms with Gasteiger partial charge in [-0.1, -0.05) is 72.8 Å². The molecule has 1 N–H and O–H groups in total. The maximum Gasteiger partial charge on any atom is 0.264 e. The second kappa shape index (κ2) is 10.9. The van der Waals surface area contributed by atoms with Crippen LogP contribution in [0.3, 0.4) is 0 Å². The lowest BCUT2D eigenvalue weighted by Crippen LogP contribution is -2.29. The van der Waals surface area contributed by atoms with Gasteiger partial charge in [-0.05, 0) is 47.4 Å². The Morgan fingerprint density at radius 3 is 2.21 bits per heavy atom. The number of hydrogen-bond acceptors (Lipinski definition) is 4. The number of hydrogen-bond donors (Lipinski definition) is 1. The summed E-state index contributed by atoms with van der Waals surface area (Å²) in [6.07, 6.45) is 1.73. The molecule has 5 nitrogen and oxygen atoms in total. The third kappa shape index (κ3) is 5.60. The summed E-state index contributed by atoms with van der Waals surface area (Å²) >= 11 is 1.50. The quantitative estimate of drug-likeness (QED) is 0.259. The molecule has 1 atom stereocenters. The number of rotatable bonds is 8. The van der Waals surface area contributed by atoms with Gasteiger partial charge in [-0.25, -0.2) is 8.93 Å². The van der Waals surface area contributed by atoms with Crippen molar-refractivity contribution in [1.29, 1.82) is 5.26 Å². The normalized spacial score (nSPS) is 11.4. The first kappa shape index (κ1) is 23.4. The minimum atomic E-state index is -1.62. The van der Waals surface area contributed by atoms with Crippen LogP contribution in [-0.4, -0.2) is 15.0 Å². The van der Waals surface area contributed by atoms with Crippen molar-refractivity contribution in [1.82, 2.24) is 9.62 Å². The maximum atomic E-state index is 13.3. The van der Waals surface area contributed by atoms with Gasteiger partial charge in [-0.2, -0.15) is 5.26 Å². The Kier molecular flexibility index (Phi) is 7.53. The molecular weight excluding hydrogens is 462 g/mol. The van der Waals surface area contributed by atoms with Crippen molar-refractivity contribution < 1.29 is 9.00 Å². The second-order valence-corrected chi connectivity index (χ2v) is 10.2. The van der Waals surface area contributed by atoms with E-state index in [-0.39, 0.29) is 5.91 Å². The van der Waals surface area contributed by atoms with Crippen LogP contribution in [0.5, 0.6) is 0 Å². The SMILES string of the molecule is Cc1ccc(C(=O)N(Cc2ccccc2)Cc2ccc(-c3ccccc3S(=O)NC#N)cc2)s1. The van der Waals surface area contributed by atoms with Crippen molar-refractivity contribution in [2.45, 2.75) is 24.9 Å². The van der Waals surface area contributed by atoms with E-state index >= 15 is 0 Å². The zero-order chi connectivity index (χ0) is 23.9. The molecule has 1 amide bonds. The average Bonchev–Trinajstić information content (AvgIpc) is 3.30. The number of thiophene rings is 1. The van der Waals surface area contributed by atoms with E-state index in [1.807, 2.05) is 90.7 Å². The van der Waals surface area contributed by atoms with E-state index in [1.165, 1.54) is 11.3 Å². The first-order valence-electron chi connectivity index (χ1n) is 10.7. The monoisotopic (exact) mass is 485 g/mol. The molecule has 1 aromatic heterocycles. The van der Waals surface area contributed by atoms with Gasteiger partial charge in [0.15, 0.2) is 17.2 Å². The molecule has 1 heterocycles. The fourth-order valence-electron chi connectivity index (χ4n) is 3.68. The molecule has 34 heavy (non-hydrogen) atoms. The number of aryl methyl sites for hydroxylation is 1. The van der Waals surface area contributed by atoms with Crippen molar-refractivity contribution >= 4 is 28.2 Å². The van der Waals surface area contributed by atoms with E-state index in [4.69, 9.17) is 5.26 Å². The number of nitrogens with zero attached hydrogens (tertiary/aromatic N) is 2. The van der Waals surface area contributed by atoms with E-state index in [2.05, 4.69) is 4.72 Å². The summed E-state index contributed by atoms with van der Waals surface area (Å²) in [7, 11) is -1.62. The van der Waals surface area contributed by atoms with Crippen LogP contribution in [0.4, 0.5) is 0 Å². The molecule has 4 rings (SSSR count). The first-order valence-corrected chi connectivity index (χ1v) is 12.7. The van der Waals surface area contributed by atoms with E-state index in [0.717, 1.165) is 32.0 Å². The summed E-state index contributed by atoms with van der Waals surface area (Å²) in [6.45, 7) is 2.98. The highest BCUT2D eigenvalue weighted by atomic mass is 32.2. The summed E-state index contributed by atoms with van der Waals surface area (Å²) in [5.74, 6) is 0.00866. The summed E-state index contributed by atoms with van der Waals surface area (Å²) < 4.78 is 14.7. The first-order chi connectivity index (χ1) is 16.5. The largest absolute Gasteiger partial charge is 0.329 e. The lowest BCUT2D eigenvalue weighted by molar-refractivity contribution is 0.0735. The van der Waals surface area contributed by atoms with Crippen LogP contribution in [0.2, 0.25) is 0 Å². The summed E-state index contributed by atoms with van der Waals surface area (Å²) in [6, 6.07) is 29.0. The predicted octanol–water partition coefficient (Wildman–Crippen LogP) is 5.66. The number of carbonyl (C=O) groups excluding carboxylic acids is 1. The molecule has 0 saturated carbocycles. The number of nitriles is 1. The van der Waals surface area contributed by atoms with Crippen molar-refractivity contribution in [3.8, 4) is 17.3 Å². The lowest BCUT2D eigenvalue weighted by Gasteiger charge is -2.23. The number of carbonyl (C=O) groups is 1. The number of benzene rings is 3. The molecule has 0 aliphatic carbocycles. The minimum Gasteiger partial charge on any atom is -0.329 e. The molecular formula is C27H23N3O2S2. The van der Waals surface area contributed by atoms with Gasteiger partial charge in [0.1, 0.15) is 0 Å². The molecule has 3 aromatic carbocycles. The Labute approximate surface area is 205 Å². The fourth-order valence-corrected chi connectivity index (χ4v) is 5.30. The summed E-state index contributed by atoms with van der Waals surface area (Å²) in [5.41, 5.74) is 3.75. The van der Waals surface area contributed by atoms with Crippen LogP contribution in [0.1, 0.15) is 25.7 Å². The molecule has 7 heteroatoms. The fraction of sp³-hybridized carbons (Fsp3) is 0.111. The predicted molar refractivity (Wildman–Crippen MR) is 136 cm³/mol. The molecule has 0 aliphatic heterocycles. The van der Waals surface area contributed by atoms with Gasteiger partial charge in [0.2, 0.25) is 0 Å². The Morgan fingerprint density at radius 2 is 1.56 bits per heavy atom. The highest BCUT2D eigenvalue weighted by Gasteiger charge is 2.19. The highest BCUT2D eigenvalue weighted by molar-refractivity contribution is 7.83. The molecule has 0 spiro atoms. The third-order valence-corrected chi connectivity index (χ3v) is 7.34.